The Kier molecular flexibility index (Phi) is 5.99. The quantitative estimate of drug-likeness (QED) is 0.771. The maximum absolute atomic E-state index is 12.7. The Bertz CT molecular complexity index is 664. The summed E-state index contributed by atoms with van der Waals surface area (Å²) in [5.41, 5.74) is 1.47. The van der Waals surface area contributed by atoms with Gasteiger partial charge in [0.2, 0.25) is 0 Å². The molecule has 1 heterocycles. The lowest BCUT2D eigenvalue weighted by Crippen LogP contribution is -2.40. The number of benzene rings is 1. The zero-order chi connectivity index (χ0) is 16.8. The standard InChI is InChI=1S/C18H20ClNO3/c1-3-6-14(11-13-7-4-8-15(12-13)23-2)17(21)20-10-5-9-16(19)18(20)22/h4,7-9,11-12H,3,5-6,10H2,1-2H3/b14-11+. The number of halogens is 1. The molecule has 1 aliphatic rings. The molecule has 122 valence electrons. The number of nitrogens with zero attached hydrogens (tertiary/aromatic N) is 1. The molecule has 0 unspecified atom stereocenters. The number of carbonyl (C=O) groups is 2. The molecule has 2 amide bonds. The number of methoxy groups -OCH3 is 1. The zero-order valence-corrected chi connectivity index (χ0v) is 14.1. The maximum Gasteiger partial charge on any atom is 0.271 e. The Morgan fingerprint density at radius 1 is 1.43 bits per heavy atom. The second-order valence-electron chi connectivity index (χ2n) is 5.30. The van der Waals surface area contributed by atoms with E-state index in [0.29, 0.717) is 25.0 Å². The molecular weight excluding hydrogens is 314 g/mol. The van der Waals surface area contributed by atoms with Crippen LogP contribution in [0.5, 0.6) is 5.75 Å². The highest BCUT2D eigenvalue weighted by Crippen LogP contribution is 2.22. The third-order valence-corrected chi connectivity index (χ3v) is 3.92. The van der Waals surface area contributed by atoms with E-state index in [0.717, 1.165) is 17.7 Å². The first kappa shape index (κ1) is 17.3. The lowest BCUT2D eigenvalue weighted by atomic mass is 10.0. The molecule has 5 heteroatoms. The second-order valence-corrected chi connectivity index (χ2v) is 5.71. The number of hydrogen-bond donors (Lipinski definition) is 0. The van der Waals surface area contributed by atoms with Gasteiger partial charge in [0.25, 0.3) is 11.8 Å². The molecule has 0 fully saturated rings. The second kappa shape index (κ2) is 7.97. The van der Waals surface area contributed by atoms with E-state index >= 15 is 0 Å². The fraction of sp³-hybridized carbons (Fsp3) is 0.333. The molecule has 4 nitrogen and oxygen atoms in total. The van der Waals surface area contributed by atoms with Crippen molar-refractivity contribution in [1.29, 1.82) is 0 Å². The summed E-state index contributed by atoms with van der Waals surface area (Å²) in [6.07, 6.45) is 5.47. The number of amides is 2. The zero-order valence-electron chi connectivity index (χ0n) is 13.3. The van der Waals surface area contributed by atoms with Crippen LogP contribution in [0, 0.1) is 0 Å². The monoisotopic (exact) mass is 333 g/mol. The summed E-state index contributed by atoms with van der Waals surface area (Å²) in [5, 5.41) is 0.113. The van der Waals surface area contributed by atoms with E-state index in [-0.39, 0.29) is 10.9 Å². The fourth-order valence-corrected chi connectivity index (χ4v) is 2.66. The van der Waals surface area contributed by atoms with Crippen LogP contribution in [0.1, 0.15) is 31.7 Å². The maximum atomic E-state index is 12.7. The molecule has 0 bridgehead atoms. The molecule has 0 saturated carbocycles. The third kappa shape index (κ3) is 4.23. The van der Waals surface area contributed by atoms with Crippen molar-refractivity contribution in [1.82, 2.24) is 4.90 Å². The molecule has 1 aromatic rings. The Labute approximate surface area is 141 Å². The van der Waals surface area contributed by atoms with Crippen molar-refractivity contribution in [3.05, 3.63) is 46.5 Å². The predicted octanol–water partition coefficient (Wildman–Crippen LogP) is 3.76. The first-order valence-electron chi connectivity index (χ1n) is 7.63. The van der Waals surface area contributed by atoms with Crippen LogP contribution in [0.4, 0.5) is 0 Å². The van der Waals surface area contributed by atoms with E-state index in [1.54, 1.807) is 13.2 Å². The number of hydrogen-bond acceptors (Lipinski definition) is 3. The molecule has 23 heavy (non-hydrogen) atoms. The van der Waals surface area contributed by atoms with Crippen molar-refractivity contribution >= 4 is 29.5 Å². The van der Waals surface area contributed by atoms with Crippen LogP contribution in [0.15, 0.2) is 40.9 Å². The number of rotatable bonds is 5. The molecule has 0 N–H and O–H groups in total. The van der Waals surface area contributed by atoms with Crippen molar-refractivity contribution in [2.75, 3.05) is 13.7 Å². The van der Waals surface area contributed by atoms with Crippen LogP contribution in [0.3, 0.4) is 0 Å². The Hall–Kier alpha value is -2.07. The minimum atomic E-state index is -0.421. The summed E-state index contributed by atoms with van der Waals surface area (Å²) in [7, 11) is 1.60. The van der Waals surface area contributed by atoms with Gasteiger partial charge < -0.3 is 4.74 Å². The highest BCUT2D eigenvalue weighted by molar-refractivity contribution is 6.43. The van der Waals surface area contributed by atoms with E-state index in [1.807, 2.05) is 37.3 Å². The van der Waals surface area contributed by atoms with Gasteiger partial charge in [0.05, 0.1) is 7.11 Å². The summed E-state index contributed by atoms with van der Waals surface area (Å²) in [4.78, 5) is 26.0. The van der Waals surface area contributed by atoms with Crippen LogP contribution in [0.2, 0.25) is 0 Å². The molecule has 2 rings (SSSR count). The largest absolute Gasteiger partial charge is 0.497 e. The van der Waals surface area contributed by atoms with Crippen LogP contribution < -0.4 is 4.74 Å². The molecule has 0 radical (unpaired) electrons. The van der Waals surface area contributed by atoms with Gasteiger partial charge in [-0.1, -0.05) is 43.2 Å². The van der Waals surface area contributed by atoms with Crippen molar-refractivity contribution < 1.29 is 14.3 Å². The molecular formula is C18H20ClNO3. The molecule has 0 spiro atoms. The summed E-state index contributed by atoms with van der Waals surface area (Å²) in [6, 6.07) is 7.46. The van der Waals surface area contributed by atoms with Gasteiger partial charge in [0.15, 0.2) is 0 Å². The smallest absolute Gasteiger partial charge is 0.271 e. The van der Waals surface area contributed by atoms with E-state index in [4.69, 9.17) is 16.3 Å². The molecule has 0 saturated heterocycles. The number of imide groups is 1. The third-order valence-electron chi connectivity index (χ3n) is 3.60. The average molecular weight is 334 g/mol. The average Bonchev–Trinajstić information content (AvgIpc) is 2.56. The van der Waals surface area contributed by atoms with E-state index < -0.39 is 5.91 Å². The summed E-state index contributed by atoms with van der Waals surface area (Å²) in [6.45, 7) is 2.37. The van der Waals surface area contributed by atoms with Gasteiger partial charge in [-0.05, 0) is 36.6 Å². The van der Waals surface area contributed by atoms with Crippen molar-refractivity contribution in [2.45, 2.75) is 26.2 Å². The lowest BCUT2D eigenvalue weighted by molar-refractivity contribution is -0.140. The van der Waals surface area contributed by atoms with Crippen molar-refractivity contribution in [2.24, 2.45) is 0 Å². The first-order chi connectivity index (χ1) is 11.1. The van der Waals surface area contributed by atoms with Gasteiger partial charge in [0.1, 0.15) is 10.8 Å². The highest BCUT2D eigenvalue weighted by atomic mass is 35.5. The van der Waals surface area contributed by atoms with Crippen molar-refractivity contribution in [3.8, 4) is 5.75 Å². The van der Waals surface area contributed by atoms with E-state index in [2.05, 4.69) is 0 Å². The highest BCUT2D eigenvalue weighted by Gasteiger charge is 2.28. The fourth-order valence-electron chi connectivity index (χ4n) is 2.45. The minimum Gasteiger partial charge on any atom is -0.497 e. The number of carbonyl (C=O) groups excluding carboxylic acids is 2. The van der Waals surface area contributed by atoms with E-state index in [9.17, 15) is 9.59 Å². The minimum absolute atomic E-state index is 0.113. The van der Waals surface area contributed by atoms with Crippen LogP contribution in [-0.2, 0) is 9.59 Å². The van der Waals surface area contributed by atoms with Gasteiger partial charge in [-0.2, -0.15) is 0 Å². The SMILES string of the molecule is CCC/C(=C\c1cccc(OC)c1)C(=O)N1CCC=C(Cl)C1=O. The Morgan fingerprint density at radius 2 is 2.22 bits per heavy atom. The van der Waals surface area contributed by atoms with Gasteiger partial charge >= 0.3 is 0 Å². The van der Waals surface area contributed by atoms with Crippen LogP contribution in [0.25, 0.3) is 6.08 Å². The van der Waals surface area contributed by atoms with Gasteiger partial charge in [-0.3, -0.25) is 14.5 Å². The Morgan fingerprint density at radius 3 is 2.91 bits per heavy atom. The summed E-state index contributed by atoms with van der Waals surface area (Å²) < 4.78 is 5.20. The molecule has 0 aromatic heterocycles. The number of ether oxygens (including phenoxy) is 1. The molecule has 1 aliphatic heterocycles. The first-order valence-corrected chi connectivity index (χ1v) is 8.01. The predicted molar refractivity (Wildman–Crippen MR) is 91.2 cm³/mol. The summed E-state index contributed by atoms with van der Waals surface area (Å²) >= 11 is 5.87. The normalized spacial score (nSPS) is 15.4. The topological polar surface area (TPSA) is 46.6 Å². The van der Waals surface area contributed by atoms with Gasteiger partial charge in [0, 0.05) is 12.1 Å². The van der Waals surface area contributed by atoms with Crippen LogP contribution >= 0.6 is 11.6 Å². The van der Waals surface area contributed by atoms with Crippen LogP contribution in [-0.4, -0.2) is 30.4 Å². The van der Waals surface area contributed by atoms with Gasteiger partial charge in [-0.15, -0.1) is 0 Å². The van der Waals surface area contributed by atoms with Crippen molar-refractivity contribution in [3.63, 3.8) is 0 Å². The van der Waals surface area contributed by atoms with Gasteiger partial charge in [-0.25, -0.2) is 0 Å². The van der Waals surface area contributed by atoms with E-state index in [1.165, 1.54) is 4.90 Å². The molecule has 0 aliphatic carbocycles. The molecule has 0 atom stereocenters. The Balaban J connectivity index is 2.30. The molecule has 1 aromatic carbocycles. The summed E-state index contributed by atoms with van der Waals surface area (Å²) in [5.74, 6) is 0.0311. The lowest BCUT2D eigenvalue weighted by Gasteiger charge is -2.24.